The predicted octanol–water partition coefficient (Wildman–Crippen LogP) is 2.60. The summed E-state index contributed by atoms with van der Waals surface area (Å²) in [6.07, 6.45) is 2.80. The van der Waals surface area contributed by atoms with Crippen molar-refractivity contribution in [2.45, 2.75) is 19.0 Å². The van der Waals surface area contributed by atoms with Crippen molar-refractivity contribution in [1.29, 1.82) is 0 Å². The Bertz CT molecular complexity index is 622. The Morgan fingerprint density at radius 1 is 1.42 bits per heavy atom. The second-order valence-electron chi connectivity index (χ2n) is 4.44. The number of aromatic amines is 1. The summed E-state index contributed by atoms with van der Waals surface area (Å²) >= 11 is 5.31. The van der Waals surface area contributed by atoms with E-state index in [1.54, 1.807) is 0 Å². The van der Waals surface area contributed by atoms with Crippen molar-refractivity contribution in [2.75, 3.05) is 6.61 Å². The number of para-hydroxylation sites is 1. The van der Waals surface area contributed by atoms with Gasteiger partial charge in [0.1, 0.15) is 12.4 Å². The first-order chi connectivity index (χ1) is 8.79. The van der Waals surface area contributed by atoms with E-state index in [0.29, 0.717) is 17.9 Å². The smallest absolute Gasteiger partial charge is 0.177 e. The number of ether oxygens (including phenoxy) is 1. The summed E-state index contributed by atoms with van der Waals surface area (Å²) < 4.78 is 8.58. The lowest BCUT2D eigenvalue weighted by Crippen LogP contribution is -2.26. The first-order valence-corrected chi connectivity index (χ1v) is 6.40. The molecule has 0 fully saturated rings. The number of H-pyrrole nitrogens is 1. The summed E-state index contributed by atoms with van der Waals surface area (Å²) in [7, 11) is 0. The van der Waals surface area contributed by atoms with Crippen LogP contribution in [0.15, 0.2) is 30.5 Å². The van der Waals surface area contributed by atoms with Crippen LogP contribution in [0.5, 0.6) is 5.75 Å². The number of aromatic nitrogens is 2. The van der Waals surface area contributed by atoms with Gasteiger partial charge in [0.05, 0.1) is 11.7 Å². The number of imidazole rings is 1. The number of benzene rings is 1. The average Bonchev–Trinajstić information content (AvgIpc) is 2.79. The Morgan fingerprint density at radius 3 is 3.00 bits per heavy atom. The van der Waals surface area contributed by atoms with Crippen molar-refractivity contribution in [3.05, 3.63) is 46.5 Å². The molecule has 0 amide bonds. The highest BCUT2D eigenvalue weighted by Crippen LogP contribution is 2.30. The van der Waals surface area contributed by atoms with E-state index in [2.05, 4.69) is 15.6 Å². The molecule has 19 heavy (non-hydrogen) atoms. The van der Waals surface area contributed by atoms with Crippen molar-refractivity contribution in [1.82, 2.24) is 9.55 Å². The molecular weight excluding hydrogens is 282 g/mol. The zero-order valence-electron chi connectivity index (χ0n) is 10.3. The SMILES string of the molecule is Cl.NCc1c[nH]c(=S)n1C1COc2ccccc2C1. The van der Waals surface area contributed by atoms with Crippen molar-refractivity contribution < 1.29 is 4.74 Å². The lowest BCUT2D eigenvalue weighted by molar-refractivity contribution is 0.220. The number of nitrogens with zero attached hydrogens (tertiary/aromatic N) is 1. The molecule has 1 aliphatic rings. The van der Waals surface area contributed by atoms with E-state index in [1.165, 1.54) is 5.56 Å². The maximum Gasteiger partial charge on any atom is 0.177 e. The molecule has 0 bridgehead atoms. The number of nitrogens with one attached hydrogen (secondary N) is 1. The van der Waals surface area contributed by atoms with Gasteiger partial charge in [-0.05, 0) is 23.8 Å². The summed E-state index contributed by atoms with van der Waals surface area (Å²) in [5.74, 6) is 0.977. The van der Waals surface area contributed by atoms with Gasteiger partial charge in [0, 0.05) is 19.2 Å². The van der Waals surface area contributed by atoms with Crippen LogP contribution < -0.4 is 10.5 Å². The normalized spacial score (nSPS) is 17.2. The standard InChI is InChI=1S/C13H15N3OS.ClH/c14-6-11-7-15-13(18)16(11)10-5-9-3-1-2-4-12(9)17-8-10;/h1-4,7,10H,5-6,8,14H2,(H,15,18);1H. The zero-order chi connectivity index (χ0) is 12.5. The maximum atomic E-state index is 5.79. The fourth-order valence-electron chi connectivity index (χ4n) is 2.45. The molecule has 1 aliphatic heterocycles. The third-order valence-corrected chi connectivity index (χ3v) is 3.64. The highest BCUT2D eigenvalue weighted by molar-refractivity contribution is 7.71. The molecule has 0 saturated carbocycles. The van der Waals surface area contributed by atoms with Gasteiger partial charge in [-0.1, -0.05) is 18.2 Å². The lowest BCUT2D eigenvalue weighted by atomic mass is 10.0. The topological polar surface area (TPSA) is 56.0 Å². The van der Waals surface area contributed by atoms with Crippen molar-refractivity contribution in [3.63, 3.8) is 0 Å². The van der Waals surface area contributed by atoms with E-state index >= 15 is 0 Å². The van der Waals surface area contributed by atoms with Crippen molar-refractivity contribution in [3.8, 4) is 5.75 Å². The Kier molecular flexibility index (Phi) is 4.29. The summed E-state index contributed by atoms with van der Waals surface area (Å²) in [6.45, 7) is 1.11. The molecule has 6 heteroatoms. The molecule has 1 atom stereocenters. The van der Waals surface area contributed by atoms with E-state index in [9.17, 15) is 0 Å². The number of fused-ring (bicyclic) bond motifs is 1. The van der Waals surface area contributed by atoms with Gasteiger partial charge in [-0.15, -0.1) is 12.4 Å². The highest BCUT2D eigenvalue weighted by atomic mass is 35.5. The molecule has 2 aromatic rings. The number of nitrogens with two attached hydrogens (primary N) is 1. The molecule has 1 unspecified atom stereocenters. The summed E-state index contributed by atoms with van der Waals surface area (Å²) in [5, 5.41) is 0. The molecule has 0 saturated heterocycles. The molecule has 0 spiro atoms. The molecule has 1 aromatic heterocycles. The van der Waals surface area contributed by atoms with Crippen molar-refractivity contribution in [2.24, 2.45) is 5.73 Å². The van der Waals surface area contributed by atoms with Crippen LogP contribution in [-0.4, -0.2) is 16.2 Å². The van der Waals surface area contributed by atoms with Gasteiger partial charge < -0.3 is 20.0 Å². The van der Waals surface area contributed by atoms with Crippen LogP contribution in [-0.2, 0) is 13.0 Å². The number of hydrogen-bond donors (Lipinski definition) is 2. The third-order valence-electron chi connectivity index (χ3n) is 3.32. The van der Waals surface area contributed by atoms with E-state index in [-0.39, 0.29) is 18.4 Å². The number of hydrogen-bond acceptors (Lipinski definition) is 3. The van der Waals surface area contributed by atoms with Crippen LogP contribution in [0.25, 0.3) is 0 Å². The van der Waals surface area contributed by atoms with Gasteiger partial charge in [0.2, 0.25) is 0 Å². The van der Waals surface area contributed by atoms with Crippen LogP contribution in [0.2, 0.25) is 0 Å². The second kappa shape index (κ2) is 5.77. The predicted molar refractivity (Wildman–Crippen MR) is 79.4 cm³/mol. The summed E-state index contributed by atoms with van der Waals surface area (Å²) in [5.41, 5.74) is 7.98. The summed E-state index contributed by atoms with van der Waals surface area (Å²) in [4.78, 5) is 3.05. The van der Waals surface area contributed by atoms with Crippen LogP contribution in [0.3, 0.4) is 0 Å². The van der Waals surface area contributed by atoms with E-state index in [0.717, 1.165) is 17.9 Å². The maximum absolute atomic E-state index is 5.79. The molecule has 3 N–H and O–H groups in total. The molecule has 0 aliphatic carbocycles. The van der Waals surface area contributed by atoms with Gasteiger partial charge in [-0.3, -0.25) is 0 Å². The Balaban J connectivity index is 0.00000133. The molecular formula is C13H16ClN3OS. The average molecular weight is 298 g/mol. The monoisotopic (exact) mass is 297 g/mol. The van der Waals surface area contributed by atoms with Gasteiger partial charge >= 0.3 is 0 Å². The molecule has 102 valence electrons. The minimum Gasteiger partial charge on any atom is -0.491 e. The van der Waals surface area contributed by atoms with Crippen LogP contribution in [0.4, 0.5) is 0 Å². The molecule has 3 rings (SSSR count). The largest absolute Gasteiger partial charge is 0.491 e. The Hall–Kier alpha value is -1.30. The second-order valence-corrected chi connectivity index (χ2v) is 4.82. The first-order valence-electron chi connectivity index (χ1n) is 5.99. The minimum atomic E-state index is 0. The minimum absolute atomic E-state index is 0. The molecule has 4 nitrogen and oxygen atoms in total. The number of rotatable bonds is 2. The quantitative estimate of drug-likeness (QED) is 0.838. The fourth-order valence-corrected chi connectivity index (χ4v) is 2.78. The summed E-state index contributed by atoms with van der Waals surface area (Å²) in [6, 6.07) is 8.35. The molecule has 2 heterocycles. The van der Waals surface area contributed by atoms with Gasteiger partial charge in [0.15, 0.2) is 4.77 Å². The Labute approximate surface area is 123 Å². The van der Waals surface area contributed by atoms with Crippen molar-refractivity contribution >= 4 is 24.6 Å². The van der Waals surface area contributed by atoms with Crippen LogP contribution >= 0.6 is 24.6 Å². The van der Waals surface area contributed by atoms with E-state index < -0.39 is 0 Å². The first kappa shape index (κ1) is 14.1. The van der Waals surface area contributed by atoms with Gasteiger partial charge in [0.25, 0.3) is 0 Å². The highest BCUT2D eigenvalue weighted by Gasteiger charge is 2.22. The molecule has 0 radical (unpaired) electrons. The Morgan fingerprint density at radius 2 is 2.21 bits per heavy atom. The fraction of sp³-hybridized carbons (Fsp3) is 0.308. The molecule has 1 aromatic carbocycles. The van der Waals surface area contributed by atoms with Gasteiger partial charge in [-0.2, -0.15) is 0 Å². The zero-order valence-corrected chi connectivity index (χ0v) is 12.0. The van der Waals surface area contributed by atoms with Crippen LogP contribution in [0, 0.1) is 4.77 Å². The van der Waals surface area contributed by atoms with E-state index in [4.69, 9.17) is 22.7 Å². The van der Waals surface area contributed by atoms with E-state index in [1.807, 2.05) is 24.4 Å². The third kappa shape index (κ3) is 2.54. The number of halogens is 1. The lowest BCUT2D eigenvalue weighted by Gasteiger charge is -2.27. The van der Waals surface area contributed by atoms with Gasteiger partial charge in [-0.25, -0.2) is 0 Å². The van der Waals surface area contributed by atoms with Crippen LogP contribution in [0.1, 0.15) is 17.3 Å².